The van der Waals surface area contributed by atoms with E-state index in [4.69, 9.17) is 5.73 Å². The predicted octanol–water partition coefficient (Wildman–Crippen LogP) is 3.31. The molecule has 0 aromatic heterocycles. The van der Waals surface area contributed by atoms with E-state index >= 15 is 0 Å². The van der Waals surface area contributed by atoms with Gasteiger partial charge in [-0.2, -0.15) is 0 Å². The highest BCUT2D eigenvalue weighted by Crippen LogP contribution is 2.41. The van der Waals surface area contributed by atoms with Gasteiger partial charge in [0.15, 0.2) is 0 Å². The van der Waals surface area contributed by atoms with Crippen molar-refractivity contribution >= 4 is 0 Å². The van der Waals surface area contributed by atoms with E-state index in [1.807, 2.05) is 0 Å². The molecule has 0 saturated heterocycles. The van der Waals surface area contributed by atoms with Gasteiger partial charge in [0.2, 0.25) is 0 Å². The Bertz CT molecular complexity index is 287. The van der Waals surface area contributed by atoms with Crippen LogP contribution in [0.4, 0.5) is 0 Å². The molecule has 2 nitrogen and oxygen atoms in total. The van der Waals surface area contributed by atoms with Crippen LogP contribution >= 0.6 is 0 Å². The van der Waals surface area contributed by atoms with Crippen molar-refractivity contribution in [3.8, 4) is 0 Å². The summed E-state index contributed by atoms with van der Waals surface area (Å²) in [6, 6.07) is 0.691. The summed E-state index contributed by atoms with van der Waals surface area (Å²) in [5.74, 6) is 1.55. The predicted molar refractivity (Wildman–Crippen MR) is 78.5 cm³/mol. The van der Waals surface area contributed by atoms with E-state index in [1.165, 1.54) is 38.5 Å². The Kier molecular flexibility index (Phi) is 4.08. The maximum absolute atomic E-state index is 6.17. The third-order valence-electron chi connectivity index (χ3n) is 5.57. The van der Waals surface area contributed by atoms with Crippen LogP contribution in [0.3, 0.4) is 0 Å². The topological polar surface area (TPSA) is 38.0 Å². The zero-order valence-electron chi connectivity index (χ0n) is 12.8. The Morgan fingerprint density at radius 2 is 1.83 bits per heavy atom. The van der Waals surface area contributed by atoms with Gasteiger partial charge in [0.25, 0.3) is 0 Å². The molecule has 2 saturated carbocycles. The Labute approximate surface area is 113 Å². The number of hydrogen-bond acceptors (Lipinski definition) is 2. The summed E-state index contributed by atoms with van der Waals surface area (Å²) in [5.41, 5.74) is 6.91. The quantitative estimate of drug-likeness (QED) is 0.809. The molecule has 0 amide bonds. The molecule has 2 fully saturated rings. The Hall–Kier alpha value is -0.0800. The molecule has 2 aliphatic carbocycles. The van der Waals surface area contributed by atoms with Crippen LogP contribution in [0.1, 0.15) is 66.2 Å². The zero-order chi connectivity index (χ0) is 13.4. The summed E-state index contributed by atoms with van der Waals surface area (Å²) in [4.78, 5) is 0. The standard InChI is InChI=1S/C16H32N2/c1-12-5-6-13(2)16(9-12,11-17)18-14-7-8-15(3,4)10-14/h12-14,18H,5-11,17H2,1-4H3. The first-order chi connectivity index (χ1) is 8.37. The van der Waals surface area contributed by atoms with Crippen molar-refractivity contribution in [3.05, 3.63) is 0 Å². The van der Waals surface area contributed by atoms with Crippen molar-refractivity contribution in [2.45, 2.75) is 77.8 Å². The molecule has 0 aromatic carbocycles. The number of hydrogen-bond donors (Lipinski definition) is 2. The fourth-order valence-corrected chi connectivity index (χ4v) is 4.25. The average Bonchev–Trinajstić information content (AvgIpc) is 2.63. The lowest BCUT2D eigenvalue weighted by atomic mass is 9.69. The van der Waals surface area contributed by atoms with Gasteiger partial charge in [-0.05, 0) is 49.4 Å². The maximum atomic E-state index is 6.17. The van der Waals surface area contributed by atoms with Gasteiger partial charge in [0, 0.05) is 18.1 Å². The number of nitrogens with one attached hydrogen (secondary N) is 1. The molecule has 4 unspecified atom stereocenters. The normalized spacial score (nSPS) is 44.2. The minimum atomic E-state index is 0.211. The van der Waals surface area contributed by atoms with Crippen LogP contribution in [0.15, 0.2) is 0 Å². The summed E-state index contributed by atoms with van der Waals surface area (Å²) >= 11 is 0. The molecule has 2 aliphatic rings. The summed E-state index contributed by atoms with van der Waals surface area (Å²) in [5, 5.41) is 3.99. The molecule has 0 aliphatic heterocycles. The second-order valence-corrected chi connectivity index (χ2v) is 7.90. The van der Waals surface area contributed by atoms with Crippen LogP contribution in [-0.4, -0.2) is 18.1 Å². The molecule has 2 rings (SSSR count). The fourth-order valence-electron chi connectivity index (χ4n) is 4.25. The maximum Gasteiger partial charge on any atom is 0.0334 e. The molecule has 0 aromatic rings. The lowest BCUT2D eigenvalue weighted by Crippen LogP contribution is -2.61. The molecule has 0 bridgehead atoms. The largest absolute Gasteiger partial charge is 0.329 e. The van der Waals surface area contributed by atoms with Gasteiger partial charge >= 0.3 is 0 Å². The van der Waals surface area contributed by atoms with E-state index in [0.717, 1.165) is 18.4 Å². The second kappa shape index (κ2) is 5.13. The molecule has 0 heterocycles. The molecule has 0 spiro atoms. The molecular formula is C16H32N2. The van der Waals surface area contributed by atoms with Crippen molar-refractivity contribution in [2.24, 2.45) is 23.0 Å². The first-order valence-corrected chi connectivity index (χ1v) is 7.85. The van der Waals surface area contributed by atoms with Crippen molar-refractivity contribution in [2.75, 3.05) is 6.54 Å². The zero-order valence-corrected chi connectivity index (χ0v) is 12.8. The molecule has 2 heteroatoms. The highest BCUT2D eigenvalue weighted by Gasteiger charge is 2.42. The lowest BCUT2D eigenvalue weighted by molar-refractivity contribution is 0.111. The highest BCUT2D eigenvalue weighted by atomic mass is 15.0. The van der Waals surface area contributed by atoms with Crippen LogP contribution in [0.5, 0.6) is 0 Å². The van der Waals surface area contributed by atoms with E-state index in [0.29, 0.717) is 11.5 Å². The molecule has 106 valence electrons. The van der Waals surface area contributed by atoms with Crippen LogP contribution in [-0.2, 0) is 0 Å². The first-order valence-electron chi connectivity index (χ1n) is 7.85. The van der Waals surface area contributed by atoms with E-state index < -0.39 is 0 Å². The lowest BCUT2D eigenvalue weighted by Gasteiger charge is -2.47. The average molecular weight is 252 g/mol. The van der Waals surface area contributed by atoms with Crippen LogP contribution in [0, 0.1) is 17.3 Å². The van der Waals surface area contributed by atoms with E-state index in [-0.39, 0.29) is 5.54 Å². The molecule has 0 radical (unpaired) electrons. The molecular weight excluding hydrogens is 220 g/mol. The monoisotopic (exact) mass is 252 g/mol. The second-order valence-electron chi connectivity index (χ2n) is 7.90. The third-order valence-corrected chi connectivity index (χ3v) is 5.57. The Morgan fingerprint density at radius 1 is 1.11 bits per heavy atom. The van der Waals surface area contributed by atoms with Crippen LogP contribution < -0.4 is 11.1 Å². The van der Waals surface area contributed by atoms with Gasteiger partial charge in [-0.1, -0.05) is 34.1 Å². The smallest absolute Gasteiger partial charge is 0.0334 e. The minimum Gasteiger partial charge on any atom is -0.329 e. The SMILES string of the molecule is CC1CCC(C)C(CN)(NC2CCC(C)(C)C2)C1. The molecule has 4 atom stereocenters. The van der Waals surface area contributed by atoms with Gasteiger partial charge in [-0.3, -0.25) is 0 Å². The van der Waals surface area contributed by atoms with E-state index in [1.54, 1.807) is 0 Å². The fraction of sp³-hybridized carbons (Fsp3) is 1.00. The highest BCUT2D eigenvalue weighted by molar-refractivity contribution is 5.01. The summed E-state index contributed by atoms with van der Waals surface area (Å²) in [6.07, 6.45) is 7.98. The number of nitrogens with two attached hydrogens (primary N) is 1. The summed E-state index contributed by atoms with van der Waals surface area (Å²) in [7, 11) is 0. The van der Waals surface area contributed by atoms with Gasteiger partial charge in [0.05, 0.1) is 0 Å². The summed E-state index contributed by atoms with van der Waals surface area (Å²) in [6.45, 7) is 10.4. The van der Waals surface area contributed by atoms with Crippen LogP contribution in [0.25, 0.3) is 0 Å². The van der Waals surface area contributed by atoms with Crippen molar-refractivity contribution in [3.63, 3.8) is 0 Å². The minimum absolute atomic E-state index is 0.211. The van der Waals surface area contributed by atoms with Crippen molar-refractivity contribution < 1.29 is 0 Å². The number of rotatable bonds is 3. The van der Waals surface area contributed by atoms with Gasteiger partial charge in [0.1, 0.15) is 0 Å². The molecule has 18 heavy (non-hydrogen) atoms. The summed E-state index contributed by atoms with van der Waals surface area (Å²) < 4.78 is 0. The van der Waals surface area contributed by atoms with E-state index in [2.05, 4.69) is 33.0 Å². The van der Waals surface area contributed by atoms with Gasteiger partial charge < -0.3 is 11.1 Å². The van der Waals surface area contributed by atoms with E-state index in [9.17, 15) is 0 Å². The van der Waals surface area contributed by atoms with Gasteiger partial charge in [-0.15, -0.1) is 0 Å². The third kappa shape index (κ3) is 2.91. The first kappa shape index (κ1) is 14.3. The van der Waals surface area contributed by atoms with Crippen LogP contribution in [0.2, 0.25) is 0 Å². The van der Waals surface area contributed by atoms with Gasteiger partial charge in [-0.25, -0.2) is 0 Å². The van der Waals surface area contributed by atoms with Crippen molar-refractivity contribution in [1.82, 2.24) is 5.32 Å². The Balaban J connectivity index is 2.03. The Morgan fingerprint density at radius 3 is 2.39 bits per heavy atom. The molecule has 3 N–H and O–H groups in total. The van der Waals surface area contributed by atoms with Crippen molar-refractivity contribution in [1.29, 1.82) is 0 Å².